The lowest BCUT2D eigenvalue weighted by molar-refractivity contribution is -0.118. The van der Waals surface area contributed by atoms with Gasteiger partial charge in [-0.1, -0.05) is 32.3 Å². The molecule has 0 N–H and O–H groups in total. The van der Waals surface area contributed by atoms with Crippen molar-refractivity contribution in [1.82, 2.24) is 0 Å². The molecule has 1 aliphatic rings. The van der Waals surface area contributed by atoms with Crippen molar-refractivity contribution in [2.45, 2.75) is 45.4 Å². The smallest absolute Gasteiger partial charge is 0.126 e. The number of allylic oxidation sites excluding steroid dienone is 1. The lowest BCUT2D eigenvalue weighted by atomic mass is 9.68. The summed E-state index contributed by atoms with van der Waals surface area (Å²) in [4.78, 5) is 11.1. The summed E-state index contributed by atoms with van der Waals surface area (Å²) < 4.78 is 0. The van der Waals surface area contributed by atoms with Crippen molar-refractivity contribution in [3.63, 3.8) is 0 Å². The van der Waals surface area contributed by atoms with Gasteiger partial charge in [0, 0.05) is 5.41 Å². The van der Waals surface area contributed by atoms with E-state index in [-0.39, 0.29) is 5.41 Å². The molecule has 1 saturated carbocycles. The minimum Gasteiger partial charge on any atom is -0.303 e. The fraction of sp³-hybridized carbons (Fsp3) is 0.750. The summed E-state index contributed by atoms with van der Waals surface area (Å²) in [6.07, 6.45) is 9.83. The number of aldehydes is 1. The molecule has 13 heavy (non-hydrogen) atoms. The van der Waals surface area contributed by atoms with Gasteiger partial charge in [-0.25, -0.2) is 0 Å². The molecule has 1 aliphatic carbocycles. The molecule has 0 aromatic rings. The highest BCUT2D eigenvalue weighted by atomic mass is 16.1. The third-order valence-electron chi connectivity index (χ3n) is 3.36. The van der Waals surface area contributed by atoms with Gasteiger partial charge in [-0.15, -0.1) is 6.58 Å². The maximum Gasteiger partial charge on any atom is 0.126 e. The van der Waals surface area contributed by atoms with Gasteiger partial charge in [0.1, 0.15) is 6.29 Å². The third kappa shape index (κ3) is 2.43. The molecule has 74 valence electrons. The molecule has 0 heterocycles. The van der Waals surface area contributed by atoms with Crippen LogP contribution in [0.3, 0.4) is 0 Å². The van der Waals surface area contributed by atoms with E-state index in [0.29, 0.717) is 0 Å². The predicted octanol–water partition coefficient (Wildman–Crippen LogP) is 3.35. The summed E-state index contributed by atoms with van der Waals surface area (Å²) in [6, 6.07) is 0. The molecule has 0 saturated heterocycles. The van der Waals surface area contributed by atoms with E-state index in [0.717, 1.165) is 25.2 Å². The zero-order valence-corrected chi connectivity index (χ0v) is 8.59. The van der Waals surface area contributed by atoms with Crippen LogP contribution in [-0.4, -0.2) is 6.29 Å². The minimum absolute atomic E-state index is 0.0549. The van der Waals surface area contributed by atoms with E-state index in [2.05, 4.69) is 13.5 Å². The van der Waals surface area contributed by atoms with Gasteiger partial charge in [0.05, 0.1) is 0 Å². The summed E-state index contributed by atoms with van der Waals surface area (Å²) in [5.74, 6) is 0.763. The molecule has 1 heteroatoms. The molecule has 1 rings (SSSR count). The van der Waals surface area contributed by atoms with Crippen LogP contribution in [-0.2, 0) is 4.79 Å². The molecular weight excluding hydrogens is 160 g/mol. The van der Waals surface area contributed by atoms with Crippen molar-refractivity contribution in [2.75, 3.05) is 0 Å². The molecule has 1 fully saturated rings. The topological polar surface area (TPSA) is 17.1 Å². The van der Waals surface area contributed by atoms with Gasteiger partial charge in [-0.05, 0) is 25.2 Å². The van der Waals surface area contributed by atoms with Crippen molar-refractivity contribution in [1.29, 1.82) is 0 Å². The average molecular weight is 180 g/mol. The molecule has 0 aromatic carbocycles. The van der Waals surface area contributed by atoms with Crippen molar-refractivity contribution in [3.05, 3.63) is 12.7 Å². The number of carbonyl (C=O) groups is 1. The standard InChI is InChI=1S/C12H20O/c1-3-7-12(10-13)8-5-6-11(4-2)9-12/h3,10-11H,1,4-9H2,2H3. The van der Waals surface area contributed by atoms with Gasteiger partial charge in [0.15, 0.2) is 0 Å². The van der Waals surface area contributed by atoms with Crippen LogP contribution in [0.15, 0.2) is 12.7 Å². The Labute approximate surface area is 81.2 Å². The first kappa shape index (κ1) is 10.5. The van der Waals surface area contributed by atoms with Crippen molar-refractivity contribution >= 4 is 6.29 Å². The molecule has 0 radical (unpaired) electrons. The van der Waals surface area contributed by atoms with Crippen LogP contribution >= 0.6 is 0 Å². The number of rotatable bonds is 4. The van der Waals surface area contributed by atoms with Crippen LogP contribution < -0.4 is 0 Å². The lowest BCUT2D eigenvalue weighted by Gasteiger charge is -2.35. The normalized spacial score (nSPS) is 34.1. The van der Waals surface area contributed by atoms with E-state index in [1.807, 2.05) is 6.08 Å². The van der Waals surface area contributed by atoms with E-state index < -0.39 is 0 Å². The number of carbonyl (C=O) groups excluding carboxylic acids is 1. The van der Waals surface area contributed by atoms with Gasteiger partial charge in [-0.3, -0.25) is 0 Å². The Hall–Kier alpha value is -0.590. The van der Waals surface area contributed by atoms with Crippen LogP contribution in [0.5, 0.6) is 0 Å². The molecule has 1 nitrogen and oxygen atoms in total. The summed E-state index contributed by atoms with van der Waals surface area (Å²) in [5.41, 5.74) is -0.0549. The van der Waals surface area contributed by atoms with E-state index in [4.69, 9.17) is 0 Å². The highest BCUT2D eigenvalue weighted by Gasteiger charge is 2.34. The third-order valence-corrected chi connectivity index (χ3v) is 3.36. The van der Waals surface area contributed by atoms with Gasteiger partial charge >= 0.3 is 0 Å². The van der Waals surface area contributed by atoms with E-state index in [9.17, 15) is 4.79 Å². The quantitative estimate of drug-likeness (QED) is 0.479. The summed E-state index contributed by atoms with van der Waals surface area (Å²) in [7, 11) is 0. The first-order valence-electron chi connectivity index (χ1n) is 5.33. The second-order valence-corrected chi connectivity index (χ2v) is 4.34. The summed E-state index contributed by atoms with van der Waals surface area (Å²) in [6.45, 7) is 5.96. The van der Waals surface area contributed by atoms with Crippen molar-refractivity contribution in [3.8, 4) is 0 Å². The Balaban J connectivity index is 2.63. The van der Waals surface area contributed by atoms with Crippen molar-refractivity contribution in [2.24, 2.45) is 11.3 Å². The zero-order valence-electron chi connectivity index (χ0n) is 8.59. The molecule has 0 amide bonds. The summed E-state index contributed by atoms with van der Waals surface area (Å²) in [5, 5.41) is 0. The lowest BCUT2D eigenvalue weighted by Crippen LogP contribution is -2.29. The molecule has 0 aromatic heterocycles. The zero-order chi connectivity index (χ0) is 9.73. The molecule has 0 aliphatic heterocycles. The predicted molar refractivity (Wildman–Crippen MR) is 55.6 cm³/mol. The van der Waals surface area contributed by atoms with Crippen molar-refractivity contribution < 1.29 is 4.79 Å². The van der Waals surface area contributed by atoms with Gasteiger partial charge in [0.2, 0.25) is 0 Å². The Bertz CT molecular complexity index is 186. The molecule has 2 unspecified atom stereocenters. The van der Waals surface area contributed by atoms with Crippen LogP contribution in [0.2, 0.25) is 0 Å². The minimum atomic E-state index is -0.0549. The Kier molecular flexibility index (Phi) is 3.71. The largest absolute Gasteiger partial charge is 0.303 e. The van der Waals surface area contributed by atoms with E-state index in [1.165, 1.54) is 25.5 Å². The maximum atomic E-state index is 11.1. The van der Waals surface area contributed by atoms with Crippen LogP contribution in [0, 0.1) is 11.3 Å². The first-order valence-corrected chi connectivity index (χ1v) is 5.33. The Morgan fingerprint density at radius 3 is 2.92 bits per heavy atom. The second-order valence-electron chi connectivity index (χ2n) is 4.34. The molecule has 2 atom stereocenters. The maximum absolute atomic E-state index is 11.1. The highest BCUT2D eigenvalue weighted by Crippen LogP contribution is 2.41. The molecule has 0 spiro atoms. The second kappa shape index (κ2) is 4.59. The Morgan fingerprint density at radius 1 is 1.62 bits per heavy atom. The van der Waals surface area contributed by atoms with Gasteiger partial charge in [-0.2, -0.15) is 0 Å². The van der Waals surface area contributed by atoms with Gasteiger partial charge < -0.3 is 4.79 Å². The van der Waals surface area contributed by atoms with E-state index in [1.54, 1.807) is 0 Å². The SMILES string of the molecule is C=CCC1(C=O)CCCC(CC)C1. The molecule has 0 bridgehead atoms. The van der Waals surface area contributed by atoms with Crippen LogP contribution in [0.25, 0.3) is 0 Å². The van der Waals surface area contributed by atoms with Crippen LogP contribution in [0.1, 0.15) is 45.4 Å². The monoisotopic (exact) mass is 180 g/mol. The highest BCUT2D eigenvalue weighted by molar-refractivity contribution is 5.60. The van der Waals surface area contributed by atoms with Crippen LogP contribution in [0.4, 0.5) is 0 Å². The fourth-order valence-corrected chi connectivity index (χ4v) is 2.50. The number of hydrogen-bond donors (Lipinski definition) is 0. The fourth-order valence-electron chi connectivity index (χ4n) is 2.50. The van der Waals surface area contributed by atoms with Gasteiger partial charge in [0.25, 0.3) is 0 Å². The summed E-state index contributed by atoms with van der Waals surface area (Å²) >= 11 is 0. The molecular formula is C12H20O. The average Bonchev–Trinajstić information content (AvgIpc) is 2.19. The Morgan fingerprint density at radius 2 is 2.38 bits per heavy atom. The number of hydrogen-bond acceptors (Lipinski definition) is 1. The first-order chi connectivity index (χ1) is 6.26. The van der Waals surface area contributed by atoms with E-state index >= 15 is 0 Å².